The van der Waals surface area contributed by atoms with Crippen molar-refractivity contribution in [1.82, 2.24) is 9.97 Å². The van der Waals surface area contributed by atoms with E-state index in [1.807, 2.05) is 0 Å². The highest BCUT2D eigenvalue weighted by Gasteiger charge is 2.11. The Balaban J connectivity index is 2.20. The van der Waals surface area contributed by atoms with E-state index < -0.39 is 5.91 Å². The Kier molecular flexibility index (Phi) is 4.31. The van der Waals surface area contributed by atoms with Crippen LogP contribution >= 0.6 is 27.5 Å². The maximum atomic E-state index is 12.0. The fraction of sp³-hybridized carbons (Fsp3) is 0. The van der Waals surface area contributed by atoms with E-state index in [9.17, 15) is 4.79 Å². The Labute approximate surface area is 122 Å². The number of nitrogen functional groups attached to an aromatic ring is 1. The second kappa shape index (κ2) is 5.96. The Morgan fingerprint density at radius 1 is 1.37 bits per heavy atom. The molecule has 0 fully saturated rings. The van der Waals surface area contributed by atoms with Crippen LogP contribution in [-0.2, 0) is 0 Å². The topological polar surface area (TPSA) is 92.9 Å². The minimum Gasteiger partial charge on any atom is -0.320 e. The lowest BCUT2D eigenvalue weighted by Gasteiger charge is -2.07. The van der Waals surface area contributed by atoms with Gasteiger partial charge in [-0.2, -0.15) is 0 Å². The van der Waals surface area contributed by atoms with E-state index in [2.05, 4.69) is 36.6 Å². The van der Waals surface area contributed by atoms with Gasteiger partial charge in [-0.15, -0.1) is 0 Å². The first-order valence-corrected chi connectivity index (χ1v) is 6.32. The number of aromatic nitrogens is 2. The number of nitrogens with zero attached hydrogens (tertiary/aromatic N) is 2. The molecular weight excluding hydrogens is 334 g/mol. The smallest absolute Gasteiger partial charge is 0.275 e. The zero-order chi connectivity index (χ0) is 13.8. The SMILES string of the molecule is NNc1cncc(C(=O)Nc2ccc(Cl)cc2Br)n1. The maximum Gasteiger partial charge on any atom is 0.275 e. The average molecular weight is 343 g/mol. The van der Waals surface area contributed by atoms with Gasteiger partial charge in [0.2, 0.25) is 0 Å². The number of rotatable bonds is 3. The van der Waals surface area contributed by atoms with Gasteiger partial charge in [-0.05, 0) is 34.1 Å². The largest absolute Gasteiger partial charge is 0.320 e. The average Bonchev–Trinajstić information content (AvgIpc) is 2.42. The second-order valence-electron chi connectivity index (χ2n) is 3.51. The lowest BCUT2D eigenvalue weighted by Crippen LogP contribution is -2.17. The van der Waals surface area contributed by atoms with Crippen molar-refractivity contribution in [3.63, 3.8) is 0 Å². The number of amides is 1. The van der Waals surface area contributed by atoms with Crippen LogP contribution in [0.2, 0.25) is 5.02 Å². The van der Waals surface area contributed by atoms with Crippen molar-refractivity contribution in [3.05, 3.63) is 45.8 Å². The van der Waals surface area contributed by atoms with E-state index in [-0.39, 0.29) is 5.69 Å². The van der Waals surface area contributed by atoms with E-state index in [0.717, 1.165) is 0 Å². The Morgan fingerprint density at radius 3 is 2.84 bits per heavy atom. The molecule has 0 aliphatic carbocycles. The molecular formula is C11H9BrClN5O. The van der Waals surface area contributed by atoms with Crippen LogP contribution < -0.4 is 16.6 Å². The fourth-order valence-electron chi connectivity index (χ4n) is 1.32. The van der Waals surface area contributed by atoms with Crippen LogP contribution in [0.1, 0.15) is 10.5 Å². The first kappa shape index (κ1) is 13.7. The molecule has 98 valence electrons. The third-order valence-corrected chi connectivity index (χ3v) is 3.09. The van der Waals surface area contributed by atoms with Crippen molar-refractivity contribution in [1.29, 1.82) is 0 Å². The van der Waals surface area contributed by atoms with Gasteiger partial charge in [-0.1, -0.05) is 11.6 Å². The molecule has 0 bridgehead atoms. The van der Waals surface area contributed by atoms with Gasteiger partial charge in [0.25, 0.3) is 5.91 Å². The molecule has 1 amide bonds. The van der Waals surface area contributed by atoms with Crippen molar-refractivity contribution in [2.75, 3.05) is 10.7 Å². The molecule has 0 unspecified atom stereocenters. The first-order chi connectivity index (χ1) is 9.10. The summed E-state index contributed by atoms with van der Waals surface area (Å²) in [4.78, 5) is 19.8. The van der Waals surface area contributed by atoms with Crippen LogP contribution in [0.3, 0.4) is 0 Å². The highest BCUT2D eigenvalue weighted by atomic mass is 79.9. The molecule has 1 aromatic heterocycles. The number of carbonyl (C=O) groups is 1. The third-order valence-electron chi connectivity index (χ3n) is 2.19. The van der Waals surface area contributed by atoms with Crippen LogP contribution in [0, 0.1) is 0 Å². The monoisotopic (exact) mass is 341 g/mol. The first-order valence-electron chi connectivity index (χ1n) is 5.15. The van der Waals surface area contributed by atoms with Gasteiger partial charge in [-0.3, -0.25) is 9.78 Å². The number of carbonyl (C=O) groups excluding carboxylic acids is 1. The molecule has 2 rings (SSSR count). The van der Waals surface area contributed by atoms with Gasteiger partial charge in [0, 0.05) is 9.50 Å². The number of nitrogens with two attached hydrogens (primary N) is 1. The molecule has 19 heavy (non-hydrogen) atoms. The van der Waals surface area contributed by atoms with Crippen LogP contribution in [0.4, 0.5) is 11.5 Å². The van der Waals surface area contributed by atoms with Crippen molar-refractivity contribution in [3.8, 4) is 0 Å². The predicted molar refractivity (Wildman–Crippen MR) is 76.9 cm³/mol. The molecule has 2 aromatic rings. The summed E-state index contributed by atoms with van der Waals surface area (Å²) in [5, 5.41) is 3.26. The number of benzene rings is 1. The van der Waals surface area contributed by atoms with Crippen molar-refractivity contribution < 1.29 is 4.79 Å². The normalized spacial score (nSPS) is 10.1. The zero-order valence-corrected chi connectivity index (χ0v) is 11.9. The molecule has 0 aliphatic heterocycles. The number of hydrogen-bond donors (Lipinski definition) is 3. The van der Waals surface area contributed by atoms with E-state index in [4.69, 9.17) is 17.4 Å². The predicted octanol–water partition coefficient (Wildman–Crippen LogP) is 2.43. The van der Waals surface area contributed by atoms with Crippen molar-refractivity contribution >= 4 is 44.9 Å². The molecule has 0 aliphatic rings. The second-order valence-corrected chi connectivity index (χ2v) is 4.80. The lowest BCUT2D eigenvalue weighted by molar-refractivity contribution is 0.102. The number of hydrogen-bond acceptors (Lipinski definition) is 5. The Hall–Kier alpha value is -1.70. The van der Waals surface area contributed by atoms with Crippen LogP contribution in [0.5, 0.6) is 0 Å². The lowest BCUT2D eigenvalue weighted by atomic mass is 10.3. The van der Waals surface area contributed by atoms with Gasteiger partial charge >= 0.3 is 0 Å². The quantitative estimate of drug-likeness (QED) is 0.588. The van der Waals surface area contributed by atoms with Gasteiger partial charge in [0.15, 0.2) is 5.82 Å². The molecule has 6 nitrogen and oxygen atoms in total. The van der Waals surface area contributed by atoms with E-state index in [1.165, 1.54) is 12.4 Å². The third kappa shape index (κ3) is 3.40. The van der Waals surface area contributed by atoms with E-state index in [0.29, 0.717) is 21.0 Å². The molecule has 0 saturated carbocycles. The van der Waals surface area contributed by atoms with Crippen LogP contribution in [0.25, 0.3) is 0 Å². The van der Waals surface area contributed by atoms with Gasteiger partial charge < -0.3 is 10.7 Å². The molecule has 1 heterocycles. The summed E-state index contributed by atoms with van der Waals surface area (Å²) in [5.74, 6) is 5.12. The number of nitrogens with one attached hydrogen (secondary N) is 2. The molecule has 0 saturated heterocycles. The summed E-state index contributed by atoms with van der Waals surface area (Å²) in [5.41, 5.74) is 3.06. The summed E-state index contributed by atoms with van der Waals surface area (Å²) in [6, 6.07) is 5.04. The van der Waals surface area contributed by atoms with Crippen LogP contribution in [-0.4, -0.2) is 15.9 Å². The minimum atomic E-state index is -0.396. The molecule has 1 aromatic carbocycles. The Morgan fingerprint density at radius 2 is 2.16 bits per heavy atom. The number of hydrazine groups is 1. The van der Waals surface area contributed by atoms with Crippen molar-refractivity contribution in [2.24, 2.45) is 5.84 Å². The van der Waals surface area contributed by atoms with Crippen LogP contribution in [0.15, 0.2) is 35.1 Å². The molecule has 8 heteroatoms. The summed E-state index contributed by atoms with van der Waals surface area (Å²) in [6.45, 7) is 0. The summed E-state index contributed by atoms with van der Waals surface area (Å²) >= 11 is 9.13. The highest BCUT2D eigenvalue weighted by Crippen LogP contribution is 2.26. The zero-order valence-electron chi connectivity index (χ0n) is 9.52. The van der Waals surface area contributed by atoms with Gasteiger partial charge in [-0.25, -0.2) is 10.8 Å². The highest BCUT2D eigenvalue weighted by molar-refractivity contribution is 9.10. The fourth-order valence-corrected chi connectivity index (χ4v) is 2.10. The molecule has 0 radical (unpaired) electrons. The molecule has 4 N–H and O–H groups in total. The summed E-state index contributed by atoms with van der Waals surface area (Å²) < 4.78 is 0.675. The van der Waals surface area contributed by atoms with E-state index in [1.54, 1.807) is 18.2 Å². The number of halogens is 2. The van der Waals surface area contributed by atoms with Crippen molar-refractivity contribution in [2.45, 2.75) is 0 Å². The summed E-state index contributed by atoms with van der Waals surface area (Å²) in [6.07, 6.45) is 2.76. The van der Waals surface area contributed by atoms with E-state index >= 15 is 0 Å². The van der Waals surface area contributed by atoms with Gasteiger partial charge in [0.1, 0.15) is 5.69 Å². The minimum absolute atomic E-state index is 0.150. The summed E-state index contributed by atoms with van der Waals surface area (Å²) in [7, 11) is 0. The molecule has 0 spiro atoms. The van der Waals surface area contributed by atoms with Gasteiger partial charge in [0.05, 0.1) is 18.1 Å². The molecule has 0 atom stereocenters. The Bertz CT molecular complexity index is 622. The standard InChI is InChI=1S/C11H9BrClN5O/c12-7-3-6(13)1-2-8(7)17-11(19)9-4-15-5-10(16-9)18-14/h1-5H,14H2,(H,16,18)(H,17,19). The maximum absolute atomic E-state index is 12.0. The number of anilines is 2.